The number of amides is 3. The maximum absolute atomic E-state index is 15.0. The van der Waals surface area contributed by atoms with E-state index in [0.29, 0.717) is 17.7 Å². The Morgan fingerprint density at radius 1 is 1.26 bits per heavy atom. The number of alkyl halides is 2. The molecule has 9 heteroatoms. The Labute approximate surface area is 180 Å². The van der Waals surface area contributed by atoms with Crippen LogP contribution >= 0.6 is 0 Å². The lowest BCUT2D eigenvalue weighted by Crippen LogP contribution is -2.51. The number of anilines is 1. The van der Waals surface area contributed by atoms with Crippen LogP contribution in [0.3, 0.4) is 0 Å². The fourth-order valence-corrected chi connectivity index (χ4v) is 4.03. The molecule has 31 heavy (non-hydrogen) atoms. The normalized spacial score (nSPS) is 23.9. The smallest absolute Gasteiger partial charge is 0.410 e. The summed E-state index contributed by atoms with van der Waals surface area (Å²) in [5.74, 6) is -4.87. The zero-order chi connectivity index (χ0) is 23.0. The zero-order valence-electron chi connectivity index (χ0n) is 18.3. The van der Waals surface area contributed by atoms with Gasteiger partial charge in [0.25, 0.3) is 5.92 Å². The number of nitrogens with one attached hydrogen (secondary N) is 1. The Kier molecular flexibility index (Phi) is 6.25. The van der Waals surface area contributed by atoms with Gasteiger partial charge in [-0.05, 0) is 51.3 Å². The molecule has 7 nitrogen and oxygen atoms in total. The molecule has 0 aliphatic carbocycles. The first-order chi connectivity index (χ1) is 14.4. The number of rotatable bonds is 3. The summed E-state index contributed by atoms with van der Waals surface area (Å²) in [6.45, 7) is 4.54. The van der Waals surface area contributed by atoms with Crippen molar-refractivity contribution in [2.45, 2.75) is 63.5 Å². The van der Waals surface area contributed by atoms with E-state index in [1.165, 1.54) is 0 Å². The number of ether oxygens (including phenoxy) is 1. The van der Waals surface area contributed by atoms with Crippen molar-refractivity contribution in [2.75, 3.05) is 25.0 Å². The van der Waals surface area contributed by atoms with E-state index < -0.39 is 36.1 Å². The Morgan fingerprint density at radius 2 is 1.97 bits per heavy atom. The molecular weight excluding hydrogens is 408 g/mol. The highest BCUT2D eigenvalue weighted by Crippen LogP contribution is 2.41. The van der Waals surface area contributed by atoms with Crippen LogP contribution < -0.4 is 10.2 Å². The number of nitrogens with zero attached hydrogens (tertiary/aromatic N) is 2. The van der Waals surface area contributed by atoms with E-state index in [1.807, 2.05) is 0 Å². The molecule has 1 N–H and O–H groups in total. The van der Waals surface area contributed by atoms with Crippen molar-refractivity contribution in [3.05, 3.63) is 29.8 Å². The second-order valence-corrected chi connectivity index (χ2v) is 9.18. The lowest BCUT2D eigenvalue weighted by molar-refractivity contribution is -0.134. The minimum Gasteiger partial charge on any atom is -0.444 e. The Hall–Kier alpha value is -2.71. The maximum atomic E-state index is 15.0. The van der Waals surface area contributed by atoms with Gasteiger partial charge in [0.15, 0.2) is 0 Å². The first-order valence-electron chi connectivity index (χ1n) is 10.4. The third-order valence-corrected chi connectivity index (χ3v) is 5.61. The molecule has 2 fully saturated rings. The molecule has 0 saturated carbocycles. The van der Waals surface area contributed by atoms with Crippen LogP contribution in [0.2, 0.25) is 0 Å². The molecule has 0 aromatic heterocycles. The van der Waals surface area contributed by atoms with Crippen molar-refractivity contribution in [3.8, 4) is 0 Å². The number of hydrogen-bond donors (Lipinski definition) is 1. The summed E-state index contributed by atoms with van der Waals surface area (Å²) in [6.07, 6.45) is -0.0353. The summed E-state index contributed by atoms with van der Waals surface area (Å²) in [5.41, 5.74) is 0.320. The topological polar surface area (TPSA) is 79.0 Å². The maximum Gasteiger partial charge on any atom is 0.410 e. The number of halogens is 2. The Bertz CT molecular complexity index is 869. The number of carbonyl (C=O) groups is 3. The monoisotopic (exact) mass is 437 g/mol. The number of likely N-dealkylation sites (tertiary alicyclic amines) is 1. The van der Waals surface area contributed by atoms with Gasteiger partial charge in [-0.15, -0.1) is 0 Å². The fourth-order valence-electron chi connectivity index (χ4n) is 4.03. The number of likely N-dealkylation sites (N-methyl/N-ethyl adjacent to an activating group) is 1. The van der Waals surface area contributed by atoms with Gasteiger partial charge in [-0.2, -0.15) is 0 Å². The lowest BCUT2D eigenvalue weighted by Gasteiger charge is -2.39. The predicted octanol–water partition coefficient (Wildman–Crippen LogP) is 3.29. The van der Waals surface area contributed by atoms with Gasteiger partial charge in [-0.25, -0.2) is 13.6 Å². The number of piperidine rings is 2. The van der Waals surface area contributed by atoms with E-state index in [2.05, 4.69) is 5.32 Å². The summed E-state index contributed by atoms with van der Waals surface area (Å²) in [4.78, 5) is 38.5. The van der Waals surface area contributed by atoms with Crippen molar-refractivity contribution < 1.29 is 27.9 Å². The van der Waals surface area contributed by atoms with Gasteiger partial charge in [0, 0.05) is 25.7 Å². The van der Waals surface area contributed by atoms with E-state index in [-0.39, 0.29) is 31.2 Å². The van der Waals surface area contributed by atoms with Crippen LogP contribution in [-0.4, -0.2) is 60.5 Å². The molecule has 2 unspecified atom stereocenters. The van der Waals surface area contributed by atoms with Crippen LogP contribution in [0.15, 0.2) is 24.3 Å². The van der Waals surface area contributed by atoms with E-state index in [0.717, 1.165) is 4.90 Å². The van der Waals surface area contributed by atoms with E-state index in [1.54, 1.807) is 57.0 Å². The molecule has 0 bridgehead atoms. The molecule has 1 aromatic rings. The largest absolute Gasteiger partial charge is 0.444 e. The number of benzene rings is 1. The van der Waals surface area contributed by atoms with Gasteiger partial charge in [-0.3, -0.25) is 14.9 Å². The predicted molar refractivity (Wildman–Crippen MR) is 111 cm³/mol. The van der Waals surface area contributed by atoms with Crippen LogP contribution in [0.25, 0.3) is 0 Å². The van der Waals surface area contributed by atoms with Crippen molar-refractivity contribution in [1.29, 1.82) is 0 Å². The number of imide groups is 1. The molecule has 170 valence electrons. The van der Waals surface area contributed by atoms with Gasteiger partial charge in [0.2, 0.25) is 11.8 Å². The van der Waals surface area contributed by atoms with E-state index >= 15 is 8.78 Å². The molecule has 3 rings (SSSR count). The van der Waals surface area contributed by atoms with Crippen molar-refractivity contribution in [1.82, 2.24) is 10.2 Å². The number of carbonyl (C=O) groups excluding carboxylic acids is 3. The van der Waals surface area contributed by atoms with Crippen molar-refractivity contribution >= 4 is 23.6 Å². The molecule has 3 amide bonds. The highest BCUT2D eigenvalue weighted by atomic mass is 19.3. The summed E-state index contributed by atoms with van der Waals surface area (Å²) >= 11 is 0. The van der Waals surface area contributed by atoms with Crippen molar-refractivity contribution in [2.24, 2.45) is 0 Å². The molecular formula is C22H29F2N3O4. The SMILES string of the molecule is CN(c1cccc(C2CCN(C(=O)OC(C)(C)C)CC2(F)F)c1)C1CCC(=O)NC1=O. The second-order valence-electron chi connectivity index (χ2n) is 9.18. The summed E-state index contributed by atoms with van der Waals surface area (Å²) < 4.78 is 35.3. The van der Waals surface area contributed by atoms with Crippen LogP contribution in [-0.2, 0) is 14.3 Å². The van der Waals surface area contributed by atoms with Crippen LogP contribution in [0.4, 0.5) is 19.3 Å². The fraction of sp³-hybridized carbons (Fsp3) is 0.591. The molecule has 1 aromatic carbocycles. The quantitative estimate of drug-likeness (QED) is 0.735. The summed E-state index contributed by atoms with van der Waals surface area (Å²) in [6, 6.07) is 6.20. The van der Waals surface area contributed by atoms with Gasteiger partial charge in [0.1, 0.15) is 11.6 Å². The third kappa shape index (κ3) is 5.32. The molecule has 2 heterocycles. The highest BCUT2D eigenvalue weighted by molar-refractivity contribution is 6.01. The van der Waals surface area contributed by atoms with Gasteiger partial charge in [0.05, 0.1) is 12.5 Å². The van der Waals surface area contributed by atoms with Gasteiger partial charge < -0.3 is 14.5 Å². The van der Waals surface area contributed by atoms with Crippen LogP contribution in [0.5, 0.6) is 0 Å². The number of hydrogen-bond acceptors (Lipinski definition) is 5. The first kappa shape index (κ1) is 23.0. The third-order valence-electron chi connectivity index (χ3n) is 5.61. The van der Waals surface area contributed by atoms with E-state index in [9.17, 15) is 14.4 Å². The average molecular weight is 437 g/mol. The molecule has 0 radical (unpaired) electrons. The summed E-state index contributed by atoms with van der Waals surface area (Å²) in [5, 5.41) is 2.31. The van der Waals surface area contributed by atoms with Crippen molar-refractivity contribution in [3.63, 3.8) is 0 Å². The van der Waals surface area contributed by atoms with Gasteiger partial charge >= 0.3 is 6.09 Å². The van der Waals surface area contributed by atoms with Crippen LogP contribution in [0, 0.1) is 0 Å². The minimum absolute atomic E-state index is 0.0951. The highest BCUT2D eigenvalue weighted by Gasteiger charge is 2.47. The standard InChI is InChI=1S/C22H29F2N3O4/c1-21(2,3)31-20(30)27-11-10-16(22(23,24)13-27)14-6-5-7-15(12-14)26(4)17-8-9-18(28)25-19(17)29/h5-7,12,16-17H,8-11,13H2,1-4H3,(H,25,28,29). The molecule has 2 atom stereocenters. The lowest BCUT2D eigenvalue weighted by atomic mass is 9.86. The Balaban J connectivity index is 1.74. The summed E-state index contributed by atoms with van der Waals surface area (Å²) in [7, 11) is 1.71. The molecule has 0 spiro atoms. The molecule has 2 saturated heterocycles. The average Bonchev–Trinajstić information content (AvgIpc) is 2.65. The van der Waals surface area contributed by atoms with E-state index in [4.69, 9.17) is 4.74 Å². The van der Waals surface area contributed by atoms with Crippen LogP contribution in [0.1, 0.15) is 51.5 Å². The first-order valence-corrected chi connectivity index (χ1v) is 10.4. The van der Waals surface area contributed by atoms with Gasteiger partial charge in [-0.1, -0.05) is 12.1 Å². The zero-order valence-corrected chi connectivity index (χ0v) is 18.3. The Morgan fingerprint density at radius 3 is 2.58 bits per heavy atom. The minimum atomic E-state index is -3.12. The molecule has 2 aliphatic heterocycles. The molecule has 2 aliphatic rings. The second kappa shape index (κ2) is 8.43.